The van der Waals surface area contributed by atoms with E-state index in [9.17, 15) is 4.79 Å². The highest BCUT2D eigenvalue weighted by atomic mass is 127. The Balaban J connectivity index is 0.00000392. The van der Waals surface area contributed by atoms with Gasteiger partial charge in [-0.05, 0) is 57.4 Å². The van der Waals surface area contributed by atoms with Crippen molar-refractivity contribution >= 4 is 41.5 Å². The van der Waals surface area contributed by atoms with Crippen LogP contribution in [-0.2, 0) is 11.3 Å². The molecule has 1 saturated heterocycles. The minimum atomic E-state index is -0.0614. The number of carbonyl (C=O) groups is 1. The summed E-state index contributed by atoms with van der Waals surface area (Å²) in [4.78, 5) is 18.5. The van der Waals surface area contributed by atoms with Crippen molar-refractivity contribution in [2.75, 3.05) is 31.5 Å². The molecule has 28 heavy (non-hydrogen) atoms. The highest BCUT2D eigenvalue weighted by Gasteiger charge is 2.17. The second-order valence-corrected chi connectivity index (χ2v) is 7.24. The number of amides is 1. The number of hydrogen-bond acceptors (Lipinski definition) is 3. The molecule has 158 valence electrons. The Morgan fingerprint density at radius 1 is 1.29 bits per heavy atom. The molecule has 0 aliphatic carbocycles. The standard InChI is InChI=1S/C21H35N5O.HI/c1-4-22-21(23-12-8-14-26-13-6-5-9-17(26)2)24-16-19-10-7-11-20(15-19)25-18(3)27;/h7,10-11,15,17H,4-6,8-9,12-14,16H2,1-3H3,(H,25,27)(H2,22,23,24);1H. The lowest BCUT2D eigenvalue weighted by Gasteiger charge is -2.33. The molecule has 1 amide bonds. The molecular formula is C21H36IN5O. The van der Waals surface area contributed by atoms with E-state index in [0.717, 1.165) is 49.3 Å². The van der Waals surface area contributed by atoms with E-state index >= 15 is 0 Å². The molecule has 0 radical (unpaired) electrons. The predicted molar refractivity (Wildman–Crippen MR) is 128 cm³/mol. The Bertz CT molecular complexity index is 623. The SMILES string of the molecule is CCNC(=NCc1cccc(NC(C)=O)c1)NCCCN1CCCCC1C.I. The zero-order chi connectivity index (χ0) is 19.5. The maximum Gasteiger partial charge on any atom is 0.221 e. The van der Waals surface area contributed by atoms with Crippen molar-refractivity contribution in [3.8, 4) is 0 Å². The fourth-order valence-electron chi connectivity index (χ4n) is 3.44. The van der Waals surface area contributed by atoms with Gasteiger partial charge in [0.25, 0.3) is 0 Å². The quantitative estimate of drug-likeness (QED) is 0.221. The molecule has 1 atom stereocenters. The van der Waals surface area contributed by atoms with Crippen LogP contribution in [0.25, 0.3) is 0 Å². The molecule has 1 heterocycles. The molecule has 6 nitrogen and oxygen atoms in total. The number of hydrogen-bond donors (Lipinski definition) is 3. The molecule has 1 aromatic rings. The average molecular weight is 501 g/mol. The lowest BCUT2D eigenvalue weighted by Crippen LogP contribution is -2.41. The third kappa shape index (κ3) is 9.23. The van der Waals surface area contributed by atoms with Gasteiger partial charge in [-0.1, -0.05) is 18.6 Å². The zero-order valence-corrected chi connectivity index (χ0v) is 19.8. The Labute approximate surface area is 187 Å². The Morgan fingerprint density at radius 3 is 2.82 bits per heavy atom. The normalized spacial score (nSPS) is 17.5. The van der Waals surface area contributed by atoms with E-state index in [1.165, 1.54) is 32.7 Å². The van der Waals surface area contributed by atoms with Crippen molar-refractivity contribution in [2.45, 2.75) is 59.0 Å². The van der Waals surface area contributed by atoms with Crippen LogP contribution in [-0.4, -0.2) is 49.0 Å². The number of likely N-dealkylation sites (tertiary alicyclic amines) is 1. The van der Waals surface area contributed by atoms with Crippen LogP contribution in [0.15, 0.2) is 29.3 Å². The van der Waals surface area contributed by atoms with Crippen LogP contribution < -0.4 is 16.0 Å². The first-order valence-electron chi connectivity index (χ1n) is 10.2. The van der Waals surface area contributed by atoms with Gasteiger partial charge in [-0.3, -0.25) is 4.79 Å². The first kappa shape index (κ1) is 24.7. The molecule has 1 aliphatic heterocycles. The molecule has 0 bridgehead atoms. The van der Waals surface area contributed by atoms with Crippen LogP contribution >= 0.6 is 24.0 Å². The molecule has 3 N–H and O–H groups in total. The Hall–Kier alpha value is -1.35. The average Bonchev–Trinajstić information content (AvgIpc) is 2.64. The molecule has 1 aliphatic rings. The summed E-state index contributed by atoms with van der Waals surface area (Å²) in [5.74, 6) is 0.780. The monoisotopic (exact) mass is 501 g/mol. The van der Waals surface area contributed by atoms with Crippen LogP contribution in [0.2, 0.25) is 0 Å². The lowest BCUT2D eigenvalue weighted by molar-refractivity contribution is -0.114. The van der Waals surface area contributed by atoms with Crippen molar-refractivity contribution < 1.29 is 4.79 Å². The summed E-state index contributed by atoms with van der Waals surface area (Å²) in [6.45, 7) is 10.6. The van der Waals surface area contributed by atoms with Crippen molar-refractivity contribution in [3.63, 3.8) is 0 Å². The highest BCUT2D eigenvalue weighted by molar-refractivity contribution is 14.0. The highest BCUT2D eigenvalue weighted by Crippen LogP contribution is 2.16. The number of carbonyl (C=O) groups excluding carboxylic acids is 1. The summed E-state index contributed by atoms with van der Waals surface area (Å²) in [6.07, 6.45) is 5.15. The maximum atomic E-state index is 11.2. The lowest BCUT2D eigenvalue weighted by atomic mass is 10.0. The number of nitrogens with one attached hydrogen (secondary N) is 3. The van der Waals surface area contributed by atoms with Gasteiger partial charge < -0.3 is 20.9 Å². The van der Waals surface area contributed by atoms with E-state index in [-0.39, 0.29) is 29.9 Å². The topological polar surface area (TPSA) is 68.8 Å². The van der Waals surface area contributed by atoms with Crippen LogP contribution in [0.4, 0.5) is 5.69 Å². The van der Waals surface area contributed by atoms with Crippen molar-refractivity contribution in [1.29, 1.82) is 0 Å². The molecule has 1 aromatic carbocycles. The van der Waals surface area contributed by atoms with Crippen molar-refractivity contribution in [1.82, 2.24) is 15.5 Å². The minimum absolute atomic E-state index is 0. The first-order valence-corrected chi connectivity index (χ1v) is 10.2. The summed E-state index contributed by atoms with van der Waals surface area (Å²) in [5.41, 5.74) is 1.88. The number of benzene rings is 1. The smallest absolute Gasteiger partial charge is 0.221 e. The van der Waals surface area contributed by atoms with Gasteiger partial charge >= 0.3 is 0 Å². The number of halogens is 1. The van der Waals surface area contributed by atoms with Crippen molar-refractivity contribution in [2.24, 2.45) is 4.99 Å². The molecule has 0 saturated carbocycles. The van der Waals surface area contributed by atoms with Gasteiger partial charge in [0.2, 0.25) is 5.91 Å². The van der Waals surface area contributed by atoms with Gasteiger partial charge in [-0.25, -0.2) is 4.99 Å². The Kier molecular flexibility index (Phi) is 12.1. The summed E-state index contributed by atoms with van der Waals surface area (Å²) in [6, 6.07) is 8.54. The van der Waals surface area contributed by atoms with Crippen LogP contribution in [0.3, 0.4) is 0 Å². The first-order chi connectivity index (χ1) is 13.1. The number of aliphatic imine (C=N–C) groups is 1. The van der Waals surface area contributed by atoms with E-state index < -0.39 is 0 Å². The summed E-state index contributed by atoms with van der Waals surface area (Å²) in [5, 5.41) is 9.55. The maximum absolute atomic E-state index is 11.2. The van der Waals surface area contributed by atoms with Crippen molar-refractivity contribution in [3.05, 3.63) is 29.8 Å². The van der Waals surface area contributed by atoms with Gasteiger partial charge in [0.05, 0.1) is 6.54 Å². The van der Waals surface area contributed by atoms with Gasteiger partial charge in [0, 0.05) is 38.3 Å². The molecule has 2 rings (SSSR count). The number of rotatable bonds is 8. The van der Waals surface area contributed by atoms with Gasteiger partial charge in [0.15, 0.2) is 5.96 Å². The molecule has 0 aromatic heterocycles. The molecule has 1 fully saturated rings. The van der Waals surface area contributed by atoms with Crippen LogP contribution in [0.1, 0.15) is 52.0 Å². The van der Waals surface area contributed by atoms with E-state index in [1.54, 1.807) is 0 Å². The van der Waals surface area contributed by atoms with E-state index in [1.807, 2.05) is 24.3 Å². The number of nitrogens with zero attached hydrogens (tertiary/aromatic N) is 2. The fourth-order valence-corrected chi connectivity index (χ4v) is 3.44. The molecule has 7 heteroatoms. The Morgan fingerprint density at radius 2 is 2.11 bits per heavy atom. The van der Waals surface area contributed by atoms with Crippen LogP contribution in [0, 0.1) is 0 Å². The minimum Gasteiger partial charge on any atom is -0.357 e. The summed E-state index contributed by atoms with van der Waals surface area (Å²) in [7, 11) is 0. The number of guanidine groups is 1. The third-order valence-electron chi connectivity index (χ3n) is 4.87. The summed E-state index contributed by atoms with van der Waals surface area (Å²) >= 11 is 0. The third-order valence-corrected chi connectivity index (χ3v) is 4.87. The fraction of sp³-hybridized carbons (Fsp3) is 0.619. The summed E-state index contributed by atoms with van der Waals surface area (Å²) < 4.78 is 0. The van der Waals surface area contributed by atoms with Crippen LogP contribution in [0.5, 0.6) is 0 Å². The van der Waals surface area contributed by atoms with E-state index in [0.29, 0.717) is 6.54 Å². The second-order valence-electron chi connectivity index (χ2n) is 7.24. The molecule has 0 spiro atoms. The predicted octanol–water partition coefficient (Wildman–Crippen LogP) is 3.58. The molecular weight excluding hydrogens is 465 g/mol. The number of piperidine rings is 1. The van der Waals surface area contributed by atoms with Gasteiger partial charge in [-0.15, -0.1) is 24.0 Å². The van der Waals surface area contributed by atoms with Gasteiger partial charge in [-0.2, -0.15) is 0 Å². The second kappa shape index (κ2) is 13.8. The van der Waals surface area contributed by atoms with E-state index in [2.05, 4.69) is 39.7 Å². The largest absolute Gasteiger partial charge is 0.357 e. The zero-order valence-electron chi connectivity index (χ0n) is 17.5. The van der Waals surface area contributed by atoms with Gasteiger partial charge in [0.1, 0.15) is 0 Å². The molecule has 1 unspecified atom stereocenters. The van der Waals surface area contributed by atoms with E-state index in [4.69, 9.17) is 0 Å². The number of anilines is 1.